The van der Waals surface area contributed by atoms with Crippen molar-refractivity contribution in [2.45, 2.75) is 19.3 Å². The van der Waals surface area contributed by atoms with E-state index in [2.05, 4.69) is 16.9 Å². The van der Waals surface area contributed by atoms with E-state index < -0.39 is 0 Å². The second-order valence-electron chi connectivity index (χ2n) is 4.19. The van der Waals surface area contributed by atoms with Crippen molar-refractivity contribution in [1.82, 2.24) is 9.97 Å². The van der Waals surface area contributed by atoms with Crippen LogP contribution in [-0.4, -0.2) is 30.7 Å². The van der Waals surface area contributed by atoms with Crippen LogP contribution in [0.15, 0.2) is 12.1 Å². The van der Waals surface area contributed by atoms with E-state index in [1.807, 2.05) is 12.1 Å². The standard InChI is InChI=1S/C13H19N3O2/c1-4-8(7-14)13-15-9-5-11(17-2)12(18-3)6-10(9)16-13/h5-6,8H,4,7,14H2,1-3H3,(H,15,16). The summed E-state index contributed by atoms with van der Waals surface area (Å²) >= 11 is 0. The Morgan fingerprint density at radius 2 is 1.94 bits per heavy atom. The molecule has 0 spiro atoms. The molecule has 98 valence electrons. The summed E-state index contributed by atoms with van der Waals surface area (Å²) in [5.74, 6) is 2.56. The van der Waals surface area contributed by atoms with Crippen molar-refractivity contribution in [2.24, 2.45) is 5.73 Å². The molecule has 18 heavy (non-hydrogen) atoms. The van der Waals surface area contributed by atoms with Crippen LogP contribution in [0.2, 0.25) is 0 Å². The van der Waals surface area contributed by atoms with Gasteiger partial charge in [-0.3, -0.25) is 0 Å². The number of benzene rings is 1. The molecule has 0 saturated heterocycles. The molecule has 0 aliphatic heterocycles. The van der Waals surface area contributed by atoms with Gasteiger partial charge in [-0.2, -0.15) is 0 Å². The third kappa shape index (κ3) is 2.13. The van der Waals surface area contributed by atoms with Crippen LogP contribution in [0.4, 0.5) is 0 Å². The maximum absolute atomic E-state index is 5.74. The molecule has 0 fully saturated rings. The van der Waals surface area contributed by atoms with Gasteiger partial charge in [0.15, 0.2) is 11.5 Å². The first-order chi connectivity index (χ1) is 8.73. The highest BCUT2D eigenvalue weighted by Crippen LogP contribution is 2.32. The Bertz CT molecular complexity index is 491. The van der Waals surface area contributed by atoms with Gasteiger partial charge < -0.3 is 20.2 Å². The Labute approximate surface area is 106 Å². The molecule has 1 aromatic heterocycles. The van der Waals surface area contributed by atoms with Gasteiger partial charge in [0.1, 0.15) is 5.82 Å². The van der Waals surface area contributed by atoms with Crippen molar-refractivity contribution in [2.75, 3.05) is 20.8 Å². The fourth-order valence-corrected chi connectivity index (χ4v) is 2.02. The van der Waals surface area contributed by atoms with Crippen LogP contribution < -0.4 is 15.2 Å². The van der Waals surface area contributed by atoms with Gasteiger partial charge in [0, 0.05) is 24.6 Å². The molecule has 5 heteroatoms. The molecule has 1 atom stereocenters. The maximum Gasteiger partial charge on any atom is 0.163 e. The van der Waals surface area contributed by atoms with E-state index in [4.69, 9.17) is 15.2 Å². The molecule has 2 aromatic rings. The van der Waals surface area contributed by atoms with E-state index in [1.54, 1.807) is 14.2 Å². The van der Waals surface area contributed by atoms with E-state index in [-0.39, 0.29) is 5.92 Å². The molecule has 5 nitrogen and oxygen atoms in total. The minimum atomic E-state index is 0.259. The third-order valence-corrected chi connectivity index (χ3v) is 3.17. The lowest BCUT2D eigenvalue weighted by Gasteiger charge is -2.07. The molecule has 1 aromatic carbocycles. The van der Waals surface area contributed by atoms with Gasteiger partial charge in [-0.05, 0) is 6.42 Å². The van der Waals surface area contributed by atoms with Crippen molar-refractivity contribution in [3.8, 4) is 11.5 Å². The zero-order valence-corrected chi connectivity index (χ0v) is 11.0. The number of aromatic nitrogens is 2. The predicted molar refractivity (Wildman–Crippen MR) is 71.3 cm³/mol. The van der Waals surface area contributed by atoms with Crippen LogP contribution in [0.25, 0.3) is 11.0 Å². The quantitative estimate of drug-likeness (QED) is 0.850. The van der Waals surface area contributed by atoms with Crippen molar-refractivity contribution < 1.29 is 9.47 Å². The smallest absolute Gasteiger partial charge is 0.163 e. The number of hydrogen-bond donors (Lipinski definition) is 2. The van der Waals surface area contributed by atoms with Gasteiger partial charge in [-0.1, -0.05) is 6.92 Å². The Hall–Kier alpha value is -1.75. The van der Waals surface area contributed by atoms with Crippen molar-refractivity contribution >= 4 is 11.0 Å². The lowest BCUT2D eigenvalue weighted by Crippen LogP contribution is -2.12. The molecule has 0 saturated carbocycles. The molecule has 0 amide bonds. The summed E-state index contributed by atoms with van der Waals surface area (Å²) in [6.07, 6.45) is 0.963. The van der Waals surface area contributed by atoms with Crippen molar-refractivity contribution in [3.63, 3.8) is 0 Å². The fourth-order valence-electron chi connectivity index (χ4n) is 2.02. The van der Waals surface area contributed by atoms with Crippen LogP contribution >= 0.6 is 0 Å². The summed E-state index contributed by atoms with van der Waals surface area (Å²) in [5.41, 5.74) is 7.55. The average Bonchev–Trinajstić information content (AvgIpc) is 2.80. The van der Waals surface area contributed by atoms with Gasteiger partial charge in [0.05, 0.1) is 25.3 Å². The normalized spacial score (nSPS) is 12.7. The average molecular weight is 249 g/mol. The van der Waals surface area contributed by atoms with Gasteiger partial charge in [0.25, 0.3) is 0 Å². The summed E-state index contributed by atoms with van der Waals surface area (Å²) in [6.45, 7) is 2.69. The number of hydrogen-bond acceptors (Lipinski definition) is 4. The molecule has 1 unspecified atom stereocenters. The SMILES string of the molecule is CCC(CN)c1nc2cc(OC)c(OC)cc2[nH]1. The summed E-state index contributed by atoms with van der Waals surface area (Å²) in [5, 5.41) is 0. The molecular formula is C13H19N3O2. The van der Waals surface area contributed by atoms with Crippen LogP contribution in [0.1, 0.15) is 25.1 Å². The summed E-state index contributed by atoms with van der Waals surface area (Å²) in [4.78, 5) is 7.86. The van der Waals surface area contributed by atoms with Gasteiger partial charge in [-0.25, -0.2) is 4.98 Å². The number of methoxy groups -OCH3 is 2. The monoisotopic (exact) mass is 249 g/mol. The number of aromatic amines is 1. The van der Waals surface area contributed by atoms with Crippen LogP contribution in [0, 0.1) is 0 Å². The van der Waals surface area contributed by atoms with E-state index in [9.17, 15) is 0 Å². The molecule has 1 heterocycles. The molecule has 0 aliphatic carbocycles. The van der Waals surface area contributed by atoms with Gasteiger partial charge in [0.2, 0.25) is 0 Å². The van der Waals surface area contributed by atoms with Crippen molar-refractivity contribution in [3.05, 3.63) is 18.0 Å². The second kappa shape index (κ2) is 5.27. The number of nitrogens with zero attached hydrogens (tertiary/aromatic N) is 1. The Morgan fingerprint density at radius 1 is 1.28 bits per heavy atom. The van der Waals surface area contributed by atoms with Crippen LogP contribution in [-0.2, 0) is 0 Å². The van der Waals surface area contributed by atoms with E-state index in [1.165, 1.54) is 0 Å². The number of ether oxygens (including phenoxy) is 2. The first-order valence-corrected chi connectivity index (χ1v) is 6.05. The zero-order chi connectivity index (χ0) is 13.1. The lowest BCUT2D eigenvalue weighted by molar-refractivity contribution is 0.356. The van der Waals surface area contributed by atoms with E-state index in [0.717, 1.165) is 23.3 Å². The van der Waals surface area contributed by atoms with E-state index >= 15 is 0 Å². The second-order valence-corrected chi connectivity index (χ2v) is 4.19. The number of nitrogens with two attached hydrogens (primary N) is 1. The van der Waals surface area contributed by atoms with Crippen molar-refractivity contribution in [1.29, 1.82) is 0 Å². The zero-order valence-electron chi connectivity index (χ0n) is 11.0. The number of nitrogens with one attached hydrogen (secondary N) is 1. The lowest BCUT2D eigenvalue weighted by atomic mass is 10.1. The Kier molecular flexibility index (Phi) is 3.72. The number of H-pyrrole nitrogens is 1. The van der Waals surface area contributed by atoms with Gasteiger partial charge in [-0.15, -0.1) is 0 Å². The summed E-state index contributed by atoms with van der Waals surface area (Å²) in [6, 6.07) is 3.77. The minimum Gasteiger partial charge on any atom is -0.493 e. The minimum absolute atomic E-state index is 0.259. The first kappa shape index (κ1) is 12.7. The largest absolute Gasteiger partial charge is 0.493 e. The highest BCUT2D eigenvalue weighted by Gasteiger charge is 2.14. The predicted octanol–water partition coefficient (Wildman–Crippen LogP) is 2.03. The third-order valence-electron chi connectivity index (χ3n) is 3.17. The fraction of sp³-hybridized carbons (Fsp3) is 0.462. The maximum atomic E-state index is 5.74. The number of imidazole rings is 1. The number of fused-ring (bicyclic) bond motifs is 1. The molecule has 0 radical (unpaired) electrons. The van der Waals surface area contributed by atoms with Gasteiger partial charge >= 0.3 is 0 Å². The first-order valence-electron chi connectivity index (χ1n) is 6.05. The Balaban J connectivity index is 2.50. The van der Waals surface area contributed by atoms with Crippen LogP contribution in [0.3, 0.4) is 0 Å². The molecular weight excluding hydrogens is 230 g/mol. The molecule has 0 aliphatic rings. The van der Waals surface area contributed by atoms with E-state index in [0.29, 0.717) is 18.0 Å². The topological polar surface area (TPSA) is 73.2 Å². The van der Waals surface area contributed by atoms with Crippen LogP contribution in [0.5, 0.6) is 11.5 Å². The molecule has 2 rings (SSSR count). The summed E-state index contributed by atoms with van der Waals surface area (Å²) < 4.78 is 10.5. The molecule has 0 bridgehead atoms. The summed E-state index contributed by atoms with van der Waals surface area (Å²) in [7, 11) is 3.24. The highest BCUT2D eigenvalue weighted by molar-refractivity contribution is 5.79. The highest BCUT2D eigenvalue weighted by atomic mass is 16.5. The molecule has 3 N–H and O–H groups in total. The number of rotatable bonds is 5. The Morgan fingerprint density at radius 3 is 2.50 bits per heavy atom.